The Morgan fingerprint density at radius 2 is 2.28 bits per heavy atom. The number of carbonyl (C=O) groups is 1. The summed E-state index contributed by atoms with van der Waals surface area (Å²) in [5.74, 6) is 0.239. The maximum atomic E-state index is 12.6. The Morgan fingerprint density at radius 3 is 3.00 bits per heavy atom. The van der Waals surface area contributed by atoms with Crippen LogP contribution in [0, 0.1) is 0 Å². The Hall–Kier alpha value is -1.90. The van der Waals surface area contributed by atoms with Crippen molar-refractivity contribution in [3.05, 3.63) is 56.8 Å². The lowest BCUT2D eigenvalue weighted by Crippen LogP contribution is -2.28. The maximum absolute atomic E-state index is 12.6. The third kappa shape index (κ3) is 4.02. The van der Waals surface area contributed by atoms with Gasteiger partial charge < -0.3 is 4.90 Å². The van der Waals surface area contributed by atoms with E-state index in [0.29, 0.717) is 28.5 Å². The number of thiophene rings is 2. The van der Waals surface area contributed by atoms with Crippen LogP contribution in [0.2, 0.25) is 0 Å². The number of hydrogen-bond donors (Lipinski definition) is 0. The van der Waals surface area contributed by atoms with Crippen LogP contribution in [-0.2, 0) is 17.9 Å². The third-order valence-corrected chi connectivity index (χ3v) is 6.11. The third-order valence-electron chi connectivity index (χ3n) is 3.61. The Bertz CT molecular complexity index is 944. The van der Waals surface area contributed by atoms with Crippen LogP contribution in [0.25, 0.3) is 10.2 Å². The number of rotatable bonds is 7. The molecule has 130 valence electrons. The fourth-order valence-electron chi connectivity index (χ4n) is 2.31. The Balaban J connectivity index is 1.75. The van der Waals surface area contributed by atoms with E-state index in [1.807, 2.05) is 22.2 Å². The van der Waals surface area contributed by atoms with E-state index in [9.17, 15) is 9.59 Å². The normalized spacial score (nSPS) is 10.9. The molecule has 0 aliphatic heterocycles. The van der Waals surface area contributed by atoms with Crippen molar-refractivity contribution in [1.82, 2.24) is 14.5 Å². The van der Waals surface area contributed by atoms with E-state index in [0.717, 1.165) is 5.56 Å². The van der Waals surface area contributed by atoms with Crippen LogP contribution in [0.3, 0.4) is 0 Å². The van der Waals surface area contributed by atoms with Crippen molar-refractivity contribution in [2.24, 2.45) is 0 Å². The predicted octanol–water partition coefficient (Wildman–Crippen LogP) is 3.46. The summed E-state index contributed by atoms with van der Waals surface area (Å²) in [6.07, 6.45) is 1.66. The van der Waals surface area contributed by atoms with Gasteiger partial charge in [0.05, 0.1) is 11.1 Å². The number of allylic oxidation sites excluding steroid dienone is 1. The number of aromatic nitrogens is 2. The summed E-state index contributed by atoms with van der Waals surface area (Å²) in [6.45, 7) is 4.66. The zero-order valence-corrected chi connectivity index (χ0v) is 16.1. The number of hydrogen-bond acceptors (Lipinski definition) is 6. The minimum absolute atomic E-state index is 0.00174. The van der Waals surface area contributed by atoms with Crippen molar-refractivity contribution < 1.29 is 4.79 Å². The van der Waals surface area contributed by atoms with Gasteiger partial charge >= 0.3 is 0 Å². The molecule has 8 heteroatoms. The quantitative estimate of drug-likeness (QED) is 0.352. The molecule has 0 fully saturated rings. The molecule has 3 aromatic heterocycles. The molecular weight excluding hydrogens is 374 g/mol. The van der Waals surface area contributed by atoms with Crippen LogP contribution < -0.4 is 5.56 Å². The minimum Gasteiger partial charge on any atom is -0.341 e. The van der Waals surface area contributed by atoms with Gasteiger partial charge in [0, 0.05) is 20.1 Å². The molecule has 0 saturated carbocycles. The average Bonchev–Trinajstić information content (AvgIpc) is 3.27. The van der Waals surface area contributed by atoms with Gasteiger partial charge in [0.15, 0.2) is 5.16 Å². The van der Waals surface area contributed by atoms with E-state index in [1.54, 1.807) is 40.0 Å². The molecule has 0 saturated heterocycles. The first-order chi connectivity index (χ1) is 12.1. The van der Waals surface area contributed by atoms with Crippen molar-refractivity contribution in [3.63, 3.8) is 0 Å². The van der Waals surface area contributed by atoms with E-state index in [1.165, 1.54) is 23.1 Å². The first-order valence-corrected chi connectivity index (χ1v) is 10.4. The Kier molecular flexibility index (Phi) is 5.72. The molecule has 5 nitrogen and oxygen atoms in total. The van der Waals surface area contributed by atoms with Crippen molar-refractivity contribution in [3.8, 4) is 0 Å². The zero-order chi connectivity index (χ0) is 17.8. The molecule has 0 radical (unpaired) electrons. The molecule has 1 amide bonds. The summed E-state index contributed by atoms with van der Waals surface area (Å²) in [6, 6.07) is 3.79. The molecule has 0 atom stereocenters. The van der Waals surface area contributed by atoms with Gasteiger partial charge in [-0.1, -0.05) is 17.8 Å². The molecule has 0 spiro atoms. The topological polar surface area (TPSA) is 55.2 Å². The van der Waals surface area contributed by atoms with Gasteiger partial charge in [0.1, 0.15) is 4.83 Å². The molecule has 0 bridgehead atoms. The Labute approximate surface area is 157 Å². The van der Waals surface area contributed by atoms with Gasteiger partial charge in [-0.05, 0) is 33.8 Å². The van der Waals surface area contributed by atoms with Crippen molar-refractivity contribution >= 4 is 50.6 Å². The van der Waals surface area contributed by atoms with Gasteiger partial charge in [-0.25, -0.2) is 4.98 Å². The smallest absolute Gasteiger partial charge is 0.263 e. The van der Waals surface area contributed by atoms with Crippen molar-refractivity contribution in [2.75, 3.05) is 12.8 Å². The van der Waals surface area contributed by atoms with Crippen LogP contribution in [0.5, 0.6) is 0 Å². The summed E-state index contributed by atoms with van der Waals surface area (Å²) < 4.78 is 1.57. The van der Waals surface area contributed by atoms with Gasteiger partial charge in [-0.2, -0.15) is 11.3 Å². The predicted molar refractivity (Wildman–Crippen MR) is 106 cm³/mol. The summed E-state index contributed by atoms with van der Waals surface area (Å²) in [4.78, 5) is 31.9. The second-order valence-electron chi connectivity index (χ2n) is 5.41. The maximum Gasteiger partial charge on any atom is 0.263 e. The van der Waals surface area contributed by atoms with E-state index in [2.05, 4.69) is 11.6 Å². The molecule has 0 aliphatic carbocycles. The zero-order valence-electron chi connectivity index (χ0n) is 13.7. The van der Waals surface area contributed by atoms with E-state index >= 15 is 0 Å². The number of nitrogens with zero attached hydrogens (tertiary/aromatic N) is 3. The van der Waals surface area contributed by atoms with Crippen LogP contribution in [-0.4, -0.2) is 33.2 Å². The monoisotopic (exact) mass is 391 g/mol. The number of fused-ring (bicyclic) bond motifs is 1. The van der Waals surface area contributed by atoms with E-state index in [4.69, 9.17) is 0 Å². The average molecular weight is 392 g/mol. The van der Waals surface area contributed by atoms with Crippen LogP contribution in [0.4, 0.5) is 0 Å². The van der Waals surface area contributed by atoms with E-state index < -0.39 is 0 Å². The second kappa shape index (κ2) is 7.99. The standard InChI is InChI=1S/C17H17N3O2S3/c1-3-6-20-16(22)13-5-8-24-15(13)18-17(20)25-11-14(21)19(2)9-12-4-7-23-10-12/h3-5,7-8,10H,1,6,9,11H2,2H3. The second-order valence-corrected chi connectivity index (χ2v) is 8.03. The fourth-order valence-corrected chi connectivity index (χ4v) is 4.73. The molecule has 3 heterocycles. The number of thioether (sulfide) groups is 1. The minimum atomic E-state index is -0.0901. The summed E-state index contributed by atoms with van der Waals surface area (Å²) in [7, 11) is 1.78. The largest absolute Gasteiger partial charge is 0.341 e. The number of carbonyl (C=O) groups excluding carboxylic acids is 1. The molecule has 0 aliphatic rings. The lowest BCUT2D eigenvalue weighted by atomic mass is 10.3. The molecule has 3 rings (SSSR count). The van der Waals surface area contributed by atoms with Gasteiger partial charge in [-0.3, -0.25) is 14.2 Å². The molecule has 0 aromatic carbocycles. The SMILES string of the molecule is C=CCn1c(SCC(=O)N(C)Cc2ccsc2)nc2sccc2c1=O. The first-order valence-electron chi connectivity index (χ1n) is 7.57. The highest BCUT2D eigenvalue weighted by Gasteiger charge is 2.15. The lowest BCUT2D eigenvalue weighted by molar-refractivity contribution is -0.127. The van der Waals surface area contributed by atoms with Crippen molar-refractivity contribution in [2.45, 2.75) is 18.2 Å². The van der Waals surface area contributed by atoms with Gasteiger partial charge in [0.2, 0.25) is 5.91 Å². The molecule has 0 N–H and O–H groups in total. The van der Waals surface area contributed by atoms with E-state index in [-0.39, 0.29) is 17.2 Å². The molecular formula is C17H17N3O2S3. The van der Waals surface area contributed by atoms with Gasteiger partial charge in [-0.15, -0.1) is 17.9 Å². The highest BCUT2D eigenvalue weighted by Crippen LogP contribution is 2.21. The van der Waals surface area contributed by atoms with Gasteiger partial charge in [0.25, 0.3) is 5.56 Å². The molecule has 0 unspecified atom stereocenters. The highest BCUT2D eigenvalue weighted by molar-refractivity contribution is 7.99. The molecule has 25 heavy (non-hydrogen) atoms. The summed E-state index contributed by atoms with van der Waals surface area (Å²) in [5.41, 5.74) is 1.03. The fraction of sp³-hybridized carbons (Fsp3) is 0.235. The Morgan fingerprint density at radius 1 is 1.44 bits per heavy atom. The van der Waals surface area contributed by atoms with Crippen LogP contribution in [0.1, 0.15) is 5.56 Å². The number of amides is 1. The highest BCUT2D eigenvalue weighted by atomic mass is 32.2. The van der Waals surface area contributed by atoms with Crippen LogP contribution >= 0.6 is 34.4 Å². The molecule has 3 aromatic rings. The van der Waals surface area contributed by atoms with Crippen LogP contribution in [0.15, 0.2) is 50.9 Å². The first kappa shape index (κ1) is 17.9. The van der Waals surface area contributed by atoms with Crippen molar-refractivity contribution in [1.29, 1.82) is 0 Å². The summed E-state index contributed by atoms with van der Waals surface area (Å²) >= 11 is 4.33. The lowest BCUT2D eigenvalue weighted by Gasteiger charge is -2.16. The summed E-state index contributed by atoms with van der Waals surface area (Å²) in [5, 5.41) is 7.04.